The summed E-state index contributed by atoms with van der Waals surface area (Å²) in [7, 11) is 1.68. The van der Waals surface area contributed by atoms with E-state index in [-0.39, 0.29) is 17.8 Å². The number of benzene rings is 1. The van der Waals surface area contributed by atoms with Crippen LogP contribution in [0.5, 0.6) is 0 Å². The number of nitrogens with zero attached hydrogens (tertiary/aromatic N) is 1. The molecular weight excluding hydrogens is 295 g/mol. The monoisotopic (exact) mass is 315 g/mol. The van der Waals surface area contributed by atoms with Gasteiger partial charge < -0.3 is 15.5 Å². The smallest absolute Gasteiger partial charge is 0.325 e. The van der Waals surface area contributed by atoms with Crippen LogP contribution in [0.15, 0.2) is 24.3 Å². The van der Waals surface area contributed by atoms with Crippen molar-refractivity contribution in [1.82, 2.24) is 10.2 Å². The molecule has 0 bridgehead atoms. The summed E-state index contributed by atoms with van der Waals surface area (Å²) in [6, 6.07) is 4.38. The Morgan fingerprint density at radius 1 is 1.32 bits per heavy atom. The average Bonchev–Trinajstić information content (AvgIpc) is 2.75. The first-order valence-electron chi connectivity index (χ1n) is 7.30. The van der Waals surface area contributed by atoms with Crippen LogP contribution < -0.4 is 10.6 Å². The maximum atomic E-state index is 12.7. The number of carbonyl (C=O) groups is 1. The van der Waals surface area contributed by atoms with Crippen LogP contribution in [-0.4, -0.2) is 37.1 Å². The number of carbonyl (C=O) groups excluding carboxylic acids is 1. The Morgan fingerprint density at radius 2 is 2.09 bits per heavy atom. The Bertz CT molecular complexity index is 511. The van der Waals surface area contributed by atoms with Gasteiger partial charge in [0, 0.05) is 18.8 Å². The predicted molar refractivity (Wildman–Crippen MR) is 78.7 cm³/mol. The maximum Gasteiger partial charge on any atom is 0.416 e. The van der Waals surface area contributed by atoms with Crippen LogP contribution in [0.25, 0.3) is 0 Å². The summed E-state index contributed by atoms with van der Waals surface area (Å²) in [5.74, 6) is 0. The van der Waals surface area contributed by atoms with E-state index in [2.05, 4.69) is 10.6 Å². The molecule has 0 spiro atoms. The van der Waals surface area contributed by atoms with Gasteiger partial charge in [0.25, 0.3) is 0 Å². The van der Waals surface area contributed by atoms with Crippen LogP contribution in [0.4, 0.5) is 23.7 Å². The molecule has 1 saturated heterocycles. The van der Waals surface area contributed by atoms with E-state index in [4.69, 9.17) is 0 Å². The van der Waals surface area contributed by atoms with E-state index in [1.807, 2.05) is 0 Å². The third-order valence-electron chi connectivity index (χ3n) is 3.85. The van der Waals surface area contributed by atoms with Gasteiger partial charge in [0.15, 0.2) is 0 Å². The third kappa shape index (κ3) is 4.37. The Labute approximate surface area is 127 Å². The first-order valence-corrected chi connectivity index (χ1v) is 7.30. The number of amides is 2. The fourth-order valence-corrected chi connectivity index (χ4v) is 2.54. The molecule has 1 aliphatic rings. The molecule has 1 aromatic rings. The SMILES string of the molecule is CN(C(=O)Nc1cccc(C(F)(F)F)c1)C1CCCNCC1. The average molecular weight is 315 g/mol. The van der Waals surface area contributed by atoms with E-state index in [0.29, 0.717) is 0 Å². The van der Waals surface area contributed by atoms with E-state index in [0.717, 1.165) is 44.5 Å². The number of hydrogen-bond donors (Lipinski definition) is 2. The first kappa shape index (κ1) is 16.6. The standard InChI is InChI=1S/C15H20F3N3O/c1-21(13-6-3-8-19-9-7-13)14(22)20-12-5-2-4-11(10-12)15(16,17)18/h2,4-5,10,13,19H,3,6-9H2,1H3,(H,20,22). The number of rotatable bonds is 2. The molecule has 1 aliphatic heterocycles. The predicted octanol–water partition coefficient (Wildman–Crippen LogP) is 3.31. The van der Waals surface area contributed by atoms with Gasteiger partial charge in [-0.3, -0.25) is 0 Å². The Hall–Kier alpha value is -1.76. The van der Waals surface area contributed by atoms with Crippen molar-refractivity contribution in [2.24, 2.45) is 0 Å². The molecule has 0 aromatic heterocycles. The topological polar surface area (TPSA) is 44.4 Å². The summed E-state index contributed by atoms with van der Waals surface area (Å²) in [6.07, 6.45) is -1.71. The Kier molecular flexibility index (Phi) is 5.28. The fourth-order valence-electron chi connectivity index (χ4n) is 2.54. The molecule has 2 N–H and O–H groups in total. The van der Waals surface area contributed by atoms with Gasteiger partial charge in [-0.05, 0) is 50.6 Å². The van der Waals surface area contributed by atoms with Gasteiger partial charge in [-0.2, -0.15) is 13.2 Å². The molecule has 7 heteroatoms. The second-order valence-electron chi connectivity index (χ2n) is 5.45. The lowest BCUT2D eigenvalue weighted by molar-refractivity contribution is -0.137. The lowest BCUT2D eigenvalue weighted by atomic mass is 10.1. The highest BCUT2D eigenvalue weighted by atomic mass is 19.4. The van der Waals surface area contributed by atoms with Gasteiger partial charge in [-0.15, -0.1) is 0 Å². The molecule has 1 atom stereocenters. The molecular formula is C15H20F3N3O. The van der Waals surface area contributed by atoms with Crippen LogP contribution in [-0.2, 0) is 6.18 Å². The van der Waals surface area contributed by atoms with Gasteiger partial charge in [-0.1, -0.05) is 6.07 Å². The number of halogens is 3. The Balaban J connectivity index is 2.01. The van der Waals surface area contributed by atoms with Crippen molar-refractivity contribution >= 4 is 11.7 Å². The highest BCUT2D eigenvalue weighted by molar-refractivity contribution is 5.89. The van der Waals surface area contributed by atoms with Gasteiger partial charge in [0.2, 0.25) is 0 Å². The number of hydrogen-bond acceptors (Lipinski definition) is 2. The van der Waals surface area contributed by atoms with Crippen LogP contribution >= 0.6 is 0 Å². The molecule has 1 fully saturated rings. The highest BCUT2D eigenvalue weighted by Gasteiger charge is 2.30. The van der Waals surface area contributed by atoms with E-state index in [9.17, 15) is 18.0 Å². The van der Waals surface area contributed by atoms with Gasteiger partial charge in [0.1, 0.15) is 0 Å². The largest absolute Gasteiger partial charge is 0.416 e. The minimum absolute atomic E-state index is 0.0980. The minimum Gasteiger partial charge on any atom is -0.325 e. The molecule has 22 heavy (non-hydrogen) atoms. The zero-order chi connectivity index (χ0) is 16.2. The summed E-state index contributed by atoms with van der Waals surface area (Å²) < 4.78 is 38.0. The van der Waals surface area contributed by atoms with E-state index < -0.39 is 11.7 Å². The maximum absolute atomic E-state index is 12.7. The van der Waals surface area contributed by atoms with Gasteiger partial charge >= 0.3 is 12.2 Å². The van der Waals surface area contributed by atoms with Crippen molar-refractivity contribution in [2.45, 2.75) is 31.5 Å². The molecule has 0 radical (unpaired) electrons. The van der Waals surface area contributed by atoms with Crippen LogP contribution in [0, 0.1) is 0 Å². The van der Waals surface area contributed by atoms with Crippen LogP contribution in [0.1, 0.15) is 24.8 Å². The molecule has 0 saturated carbocycles. The second-order valence-corrected chi connectivity index (χ2v) is 5.45. The van der Waals surface area contributed by atoms with Crippen molar-refractivity contribution in [3.8, 4) is 0 Å². The Morgan fingerprint density at radius 3 is 2.82 bits per heavy atom. The van der Waals surface area contributed by atoms with Gasteiger partial charge in [-0.25, -0.2) is 4.79 Å². The molecule has 122 valence electrons. The number of alkyl halides is 3. The molecule has 1 aromatic carbocycles. The zero-order valence-electron chi connectivity index (χ0n) is 12.4. The summed E-state index contributed by atoms with van der Waals surface area (Å²) in [4.78, 5) is 13.8. The van der Waals surface area contributed by atoms with E-state index in [1.165, 1.54) is 12.1 Å². The second kappa shape index (κ2) is 7.00. The highest BCUT2D eigenvalue weighted by Crippen LogP contribution is 2.30. The van der Waals surface area contributed by atoms with E-state index in [1.54, 1.807) is 11.9 Å². The first-order chi connectivity index (χ1) is 10.4. The van der Waals surface area contributed by atoms with Crippen molar-refractivity contribution in [3.63, 3.8) is 0 Å². The fraction of sp³-hybridized carbons (Fsp3) is 0.533. The quantitative estimate of drug-likeness (QED) is 0.879. The normalized spacial score (nSPS) is 19.4. The number of nitrogens with one attached hydrogen (secondary N) is 2. The van der Waals surface area contributed by atoms with Crippen molar-refractivity contribution in [2.75, 3.05) is 25.5 Å². The molecule has 0 aliphatic carbocycles. The summed E-state index contributed by atoms with van der Waals surface area (Å²) in [5, 5.41) is 5.80. The summed E-state index contributed by atoms with van der Waals surface area (Å²) >= 11 is 0. The van der Waals surface area contributed by atoms with Crippen molar-refractivity contribution < 1.29 is 18.0 Å². The number of urea groups is 1. The van der Waals surface area contributed by atoms with Crippen molar-refractivity contribution in [1.29, 1.82) is 0 Å². The lowest BCUT2D eigenvalue weighted by Gasteiger charge is -2.27. The van der Waals surface area contributed by atoms with E-state index >= 15 is 0 Å². The van der Waals surface area contributed by atoms with Crippen molar-refractivity contribution in [3.05, 3.63) is 29.8 Å². The third-order valence-corrected chi connectivity index (χ3v) is 3.85. The minimum atomic E-state index is -4.42. The number of anilines is 1. The summed E-state index contributed by atoms with van der Waals surface area (Å²) in [5.41, 5.74) is -0.620. The molecule has 1 unspecified atom stereocenters. The lowest BCUT2D eigenvalue weighted by Crippen LogP contribution is -2.40. The molecule has 1 heterocycles. The molecule has 4 nitrogen and oxygen atoms in total. The molecule has 2 amide bonds. The zero-order valence-corrected chi connectivity index (χ0v) is 12.4. The summed E-state index contributed by atoms with van der Waals surface area (Å²) in [6.45, 7) is 1.77. The molecule has 2 rings (SSSR count). The van der Waals surface area contributed by atoms with Gasteiger partial charge in [0.05, 0.1) is 5.56 Å². The van der Waals surface area contributed by atoms with Crippen LogP contribution in [0.3, 0.4) is 0 Å². The van der Waals surface area contributed by atoms with Crippen LogP contribution in [0.2, 0.25) is 0 Å².